The van der Waals surface area contributed by atoms with E-state index in [9.17, 15) is 14.0 Å². The van der Waals surface area contributed by atoms with Crippen molar-refractivity contribution in [3.8, 4) is 11.3 Å². The van der Waals surface area contributed by atoms with E-state index in [0.29, 0.717) is 18.7 Å². The Hall–Kier alpha value is -3.48. The van der Waals surface area contributed by atoms with Gasteiger partial charge in [0.25, 0.3) is 5.91 Å². The number of benzene rings is 2. The van der Waals surface area contributed by atoms with E-state index in [1.54, 1.807) is 23.1 Å². The molecule has 0 radical (unpaired) electrons. The molecule has 0 bridgehead atoms. The van der Waals surface area contributed by atoms with Crippen LogP contribution in [0.3, 0.4) is 0 Å². The van der Waals surface area contributed by atoms with Gasteiger partial charge in [-0.25, -0.2) is 4.39 Å². The van der Waals surface area contributed by atoms with Gasteiger partial charge in [0.15, 0.2) is 11.5 Å². The van der Waals surface area contributed by atoms with Crippen LogP contribution in [0.4, 0.5) is 4.39 Å². The predicted molar refractivity (Wildman–Crippen MR) is 118 cm³/mol. The lowest BCUT2D eigenvalue weighted by molar-refractivity contribution is -0.126. The summed E-state index contributed by atoms with van der Waals surface area (Å²) < 4.78 is 18.6. The Morgan fingerprint density at radius 1 is 1.12 bits per heavy atom. The maximum Gasteiger partial charge on any atom is 0.276 e. The molecule has 0 unspecified atom stereocenters. The molecule has 1 fully saturated rings. The van der Waals surface area contributed by atoms with E-state index in [-0.39, 0.29) is 29.9 Å². The number of piperidine rings is 1. The summed E-state index contributed by atoms with van der Waals surface area (Å²) in [5.41, 5.74) is 4.00. The van der Waals surface area contributed by atoms with Gasteiger partial charge in [-0.3, -0.25) is 9.59 Å². The molecule has 2 aromatic carbocycles. The lowest BCUT2D eigenvalue weighted by Crippen LogP contribution is -2.51. The quantitative estimate of drug-likeness (QED) is 0.644. The van der Waals surface area contributed by atoms with Crippen LogP contribution in [0.5, 0.6) is 0 Å². The lowest BCUT2D eigenvalue weighted by Gasteiger charge is -2.34. The van der Waals surface area contributed by atoms with Crippen molar-refractivity contribution >= 4 is 11.8 Å². The third-order valence-corrected chi connectivity index (χ3v) is 5.83. The topological polar surface area (TPSA) is 75.4 Å². The van der Waals surface area contributed by atoms with Gasteiger partial charge in [0.05, 0.1) is 0 Å². The molecule has 32 heavy (non-hydrogen) atoms. The van der Waals surface area contributed by atoms with Gasteiger partial charge in [-0.1, -0.05) is 35.0 Å². The number of amides is 2. The summed E-state index contributed by atoms with van der Waals surface area (Å²) in [4.78, 5) is 27.7. The molecule has 0 aliphatic carbocycles. The van der Waals surface area contributed by atoms with E-state index in [1.807, 2.05) is 32.0 Å². The van der Waals surface area contributed by atoms with Crippen molar-refractivity contribution < 1.29 is 18.5 Å². The van der Waals surface area contributed by atoms with Gasteiger partial charge in [0.1, 0.15) is 11.9 Å². The first-order valence-electron chi connectivity index (χ1n) is 10.8. The van der Waals surface area contributed by atoms with E-state index in [0.717, 1.165) is 35.1 Å². The van der Waals surface area contributed by atoms with Gasteiger partial charge < -0.3 is 14.7 Å². The van der Waals surface area contributed by atoms with Crippen molar-refractivity contribution in [1.29, 1.82) is 0 Å². The molecule has 1 saturated heterocycles. The molecule has 1 aliphatic rings. The zero-order chi connectivity index (χ0) is 22.7. The molecule has 1 aliphatic heterocycles. The third kappa shape index (κ3) is 4.72. The average Bonchev–Trinajstić information content (AvgIpc) is 3.29. The number of hydrogen-bond acceptors (Lipinski definition) is 4. The molecule has 2 heterocycles. The fraction of sp³-hybridized carbons (Fsp3) is 0.320. The second-order valence-corrected chi connectivity index (χ2v) is 8.25. The van der Waals surface area contributed by atoms with Crippen LogP contribution in [0, 0.1) is 19.7 Å². The Bertz CT molecular complexity index is 1120. The van der Waals surface area contributed by atoms with Gasteiger partial charge in [0.2, 0.25) is 5.91 Å². The molecule has 166 valence electrons. The van der Waals surface area contributed by atoms with Crippen molar-refractivity contribution in [3.05, 3.63) is 76.7 Å². The number of carbonyl (C=O) groups excluding carboxylic acids is 2. The zero-order valence-corrected chi connectivity index (χ0v) is 18.2. The van der Waals surface area contributed by atoms with E-state index >= 15 is 0 Å². The van der Waals surface area contributed by atoms with Gasteiger partial charge in [-0.15, -0.1) is 0 Å². The van der Waals surface area contributed by atoms with Crippen molar-refractivity contribution in [2.75, 3.05) is 6.54 Å². The zero-order valence-electron chi connectivity index (χ0n) is 18.2. The van der Waals surface area contributed by atoms with Crippen molar-refractivity contribution in [1.82, 2.24) is 15.4 Å². The van der Waals surface area contributed by atoms with Crippen molar-refractivity contribution in [2.45, 2.75) is 45.7 Å². The molecule has 0 saturated carbocycles. The summed E-state index contributed by atoms with van der Waals surface area (Å²) in [6.45, 7) is 4.73. The molecule has 1 atom stereocenters. The Morgan fingerprint density at radius 3 is 2.69 bits per heavy atom. The molecular formula is C25H26FN3O3. The van der Waals surface area contributed by atoms with E-state index in [1.165, 1.54) is 12.1 Å². The number of carbonyl (C=O) groups is 2. The van der Waals surface area contributed by atoms with Crippen LogP contribution in [0.1, 0.15) is 46.4 Å². The number of likely N-dealkylation sites (tertiary alicyclic amines) is 1. The highest BCUT2D eigenvalue weighted by atomic mass is 19.1. The van der Waals surface area contributed by atoms with Crippen LogP contribution in [0.15, 0.2) is 53.1 Å². The fourth-order valence-corrected chi connectivity index (χ4v) is 4.01. The molecule has 1 aromatic heterocycles. The summed E-state index contributed by atoms with van der Waals surface area (Å²) >= 11 is 0. The number of aromatic nitrogens is 1. The summed E-state index contributed by atoms with van der Waals surface area (Å²) in [6.07, 6.45) is 2.28. The Labute approximate surface area is 186 Å². The van der Waals surface area contributed by atoms with Gasteiger partial charge >= 0.3 is 0 Å². The SMILES string of the molecule is Cc1ccc(C)c(-c2cc(C(=O)N3CCCC[C@@H]3C(=O)NCc3ccc(F)cc3)no2)c1. The number of halogens is 1. The minimum absolute atomic E-state index is 0.194. The minimum Gasteiger partial charge on any atom is -0.355 e. The molecular weight excluding hydrogens is 409 g/mol. The van der Waals surface area contributed by atoms with Crippen molar-refractivity contribution in [3.63, 3.8) is 0 Å². The number of rotatable bonds is 5. The number of hydrogen-bond donors (Lipinski definition) is 1. The van der Waals surface area contributed by atoms with Crippen LogP contribution in [-0.4, -0.2) is 34.5 Å². The molecule has 3 aromatic rings. The molecule has 2 amide bonds. The Morgan fingerprint density at radius 2 is 1.91 bits per heavy atom. The highest BCUT2D eigenvalue weighted by Gasteiger charge is 2.34. The molecule has 6 nitrogen and oxygen atoms in total. The Kier molecular flexibility index (Phi) is 6.35. The van der Waals surface area contributed by atoms with Crippen LogP contribution in [-0.2, 0) is 11.3 Å². The standard InChI is InChI=1S/C25H26FN3O3/c1-16-6-7-17(2)20(13-16)23-14-21(28-32-23)25(31)29-12-4-3-5-22(29)24(30)27-15-18-8-10-19(26)11-9-18/h6-11,13-14,22H,3-5,12,15H2,1-2H3,(H,27,30)/t22-/m1/s1. The molecule has 1 N–H and O–H groups in total. The van der Waals surface area contributed by atoms with Gasteiger partial charge in [-0.2, -0.15) is 0 Å². The summed E-state index contributed by atoms with van der Waals surface area (Å²) in [5, 5.41) is 6.87. The number of aryl methyl sites for hydroxylation is 2. The second kappa shape index (κ2) is 9.34. The molecule has 0 spiro atoms. The molecule has 7 heteroatoms. The maximum atomic E-state index is 13.2. The fourth-order valence-electron chi connectivity index (χ4n) is 4.01. The van der Waals surface area contributed by atoms with Crippen LogP contribution in [0.25, 0.3) is 11.3 Å². The first-order valence-corrected chi connectivity index (χ1v) is 10.8. The summed E-state index contributed by atoms with van der Waals surface area (Å²) in [7, 11) is 0. The normalized spacial score (nSPS) is 16.1. The van der Waals surface area contributed by atoms with Gasteiger partial charge in [0, 0.05) is 24.7 Å². The number of nitrogens with zero attached hydrogens (tertiary/aromatic N) is 2. The second-order valence-electron chi connectivity index (χ2n) is 8.25. The minimum atomic E-state index is -0.572. The smallest absolute Gasteiger partial charge is 0.276 e. The van der Waals surface area contributed by atoms with Gasteiger partial charge in [-0.05, 0) is 62.4 Å². The van der Waals surface area contributed by atoms with E-state index < -0.39 is 6.04 Å². The largest absolute Gasteiger partial charge is 0.355 e. The van der Waals surface area contributed by atoms with E-state index in [4.69, 9.17) is 4.52 Å². The summed E-state index contributed by atoms with van der Waals surface area (Å²) in [5.74, 6) is -0.326. The summed E-state index contributed by atoms with van der Waals surface area (Å²) in [6, 6.07) is 13.1. The number of nitrogens with one attached hydrogen (secondary N) is 1. The monoisotopic (exact) mass is 435 g/mol. The van der Waals surface area contributed by atoms with Crippen LogP contribution in [0.2, 0.25) is 0 Å². The first kappa shape index (κ1) is 21.7. The highest BCUT2D eigenvalue weighted by Crippen LogP contribution is 2.27. The third-order valence-electron chi connectivity index (χ3n) is 5.83. The lowest BCUT2D eigenvalue weighted by atomic mass is 10.00. The van der Waals surface area contributed by atoms with Crippen LogP contribution < -0.4 is 5.32 Å². The molecule has 4 rings (SSSR count). The van der Waals surface area contributed by atoms with E-state index in [2.05, 4.69) is 10.5 Å². The average molecular weight is 435 g/mol. The maximum absolute atomic E-state index is 13.2. The van der Waals surface area contributed by atoms with Crippen LogP contribution >= 0.6 is 0 Å². The highest BCUT2D eigenvalue weighted by molar-refractivity contribution is 5.97. The predicted octanol–water partition coefficient (Wildman–Crippen LogP) is 4.41. The Balaban J connectivity index is 1.48. The van der Waals surface area contributed by atoms with Crippen molar-refractivity contribution in [2.24, 2.45) is 0 Å². The first-order chi connectivity index (χ1) is 15.4.